The molecule has 0 aliphatic heterocycles. The van der Waals surface area contributed by atoms with Crippen LogP contribution in [0.1, 0.15) is 71.6 Å². The van der Waals surface area contributed by atoms with Gasteiger partial charge in [0.25, 0.3) is 0 Å². The molecule has 0 aliphatic rings. The van der Waals surface area contributed by atoms with Gasteiger partial charge in [-0.25, -0.2) is 0 Å². The summed E-state index contributed by atoms with van der Waals surface area (Å²) < 4.78 is 0. The lowest BCUT2D eigenvalue weighted by Gasteiger charge is -2.06. The summed E-state index contributed by atoms with van der Waals surface area (Å²) in [4.78, 5) is 22.9. The zero-order valence-electron chi connectivity index (χ0n) is 12.6. The van der Waals surface area contributed by atoms with Gasteiger partial charge in [-0.05, 0) is 19.3 Å². The van der Waals surface area contributed by atoms with Crippen molar-refractivity contribution in [3.05, 3.63) is 0 Å². The fourth-order valence-electron chi connectivity index (χ4n) is 1.79. The van der Waals surface area contributed by atoms with Crippen LogP contribution in [0.5, 0.6) is 0 Å². The second-order valence-corrected chi connectivity index (χ2v) is 4.97. The molecule has 0 saturated carbocycles. The lowest BCUT2D eigenvalue weighted by Crippen LogP contribution is -2.26. The van der Waals surface area contributed by atoms with Crippen LogP contribution in [-0.2, 0) is 9.59 Å². The summed E-state index contributed by atoms with van der Waals surface area (Å²) in [7, 11) is 0. The molecule has 0 aromatic heterocycles. The van der Waals surface area contributed by atoms with Crippen molar-refractivity contribution < 1.29 is 9.59 Å². The topological polar surface area (TPSA) is 58.2 Å². The second kappa shape index (κ2) is 13.4. The Morgan fingerprint density at radius 3 is 1.47 bits per heavy atom. The first-order chi connectivity index (χ1) is 9.20. The fourth-order valence-corrected chi connectivity index (χ4v) is 1.79. The normalized spacial score (nSPS) is 10.2. The van der Waals surface area contributed by atoms with Gasteiger partial charge in [0.1, 0.15) is 0 Å². The van der Waals surface area contributed by atoms with Crippen LogP contribution in [0.25, 0.3) is 0 Å². The Morgan fingerprint density at radius 1 is 0.684 bits per heavy atom. The van der Waals surface area contributed by atoms with Crippen molar-refractivity contribution in [1.29, 1.82) is 0 Å². The van der Waals surface area contributed by atoms with Gasteiger partial charge in [0.05, 0.1) is 0 Å². The van der Waals surface area contributed by atoms with E-state index in [4.69, 9.17) is 0 Å². The largest absolute Gasteiger partial charge is 0.356 e. The van der Waals surface area contributed by atoms with Crippen molar-refractivity contribution in [2.75, 3.05) is 13.1 Å². The minimum atomic E-state index is 0.0647. The van der Waals surface area contributed by atoms with E-state index in [9.17, 15) is 9.59 Å². The molecular formula is C15H30N2O2. The highest BCUT2D eigenvalue weighted by atomic mass is 16.2. The molecule has 0 aliphatic carbocycles. The van der Waals surface area contributed by atoms with E-state index >= 15 is 0 Å². The lowest BCUT2D eigenvalue weighted by atomic mass is 10.2. The molecule has 2 N–H and O–H groups in total. The minimum Gasteiger partial charge on any atom is -0.356 e. The monoisotopic (exact) mass is 270 g/mol. The predicted octanol–water partition coefficient (Wildman–Crippen LogP) is 2.77. The first-order valence-corrected chi connectivity index (χ1v) is 7.74. The molecular weight excluding hydrogens is 240 g/mol. The Hall–Kier alpha value is -1.06. The highest BCUT2D eigenvalue weighted by molar-refractivity contribution is 5.78. The molecule has 0 bridgehead atoms. The molecule has 0 aromatic rings. The second-order valence-electron chi connectivity index (χ2n) is 4.97. The van der Waals surface area contributed by atoms with Crippen LogP contribution in [0.4, 0.5) is 0 Å². The molecule has 112 valence electrons. The maximum Gasteiger partial charge on any atom is 0.220 e. The molecule has 4 nitrogen and oxygen atoms in total. The predicted molar refractivity (Wildman–Crippen MR) is 78.9 cm³/mol. The Bertz CT molecular complexity index is 218. The van der Waals surface area contributed by atoms with Crippen molar-refractivity contribution >= 4 is 11.8 Å². The molecule has 4 heteroatoms. The number of carbonyl (C=O) groups excluding carboxylic acids is 2. The average Bonchev–Trinajstić information content (AvgIpc) is 2.40. The molecule has 0 heterocycles. The van der Waals surface area contributed by atoms with Gasteiger partial charge in [-0.15, -0.1) is 0 Å². The summed E-state index contributed by atoms with van der Waals surface area (Å²) in [5, 5.41) is 5.76. The smallest absolute Gasteiger partial charge is 0.220 e. The number of unbranched alkanes of at least 4 members (excludes halogenated alkanes) is 4. The third-order valence-electron chi connectivity index (χ3n) is 3.01. The highest BCUT2D eigenvalue weighted by Gasteiger charge is 2.04. The van der Waals surface area contributed by atoms with Crippen molar-refractivity contribution in [3.8, 4) is 0 Å². The van der Waals surface area contributed by atoms with E-state index in [0.29, 0.717) is 19.3 Å². The Kier molecular flexibility index (Phi) is 12.6. The fraction of sp³-hybridized carbons (Fsp3) is 0.867. The van der Waals surface area contributed by atoms with E-state index in [1.807, 2.05) is 0 Å². The number of amides is 2. The number of hydrogen-bond donors (Lipinski definition) is 2. The zero-order valence-corrected chi connectivity index (χ0v) is 12.6. The molecule has 0 rings (SSSR count). The maximum absolute atomic E-state index is 11.4. The van der Waals surface area contributed by atoms with Crippen molar-refractivity contribution in [2.45, 2.75) is 71.6 Å². The molecule has 0 spiro atoms. The molecule has 0 unspecified atom stereocenters. The van der Waals surface area contributed by atoms with Gasteiger partial charge in [0, 0.05) is 25.9 Å². The Labute approximate surface area is 117 Å². The number of nitrogens with one attached hydrogen (secondary N) is 2. The van der Waals surface area contributed by atoms with E-state index in [2.05, 4.69) is 24.5 Å². The van der Waals surface area contributed by atoms with Crippen LogP contribution >= 0.6 is 0 Å². The zero-order chi connectivity index (χ0) is 14.3. The summed E-state index contributed by atoms with van der Waals surface area (Å²) in [5.74, 6) is 0.129. The summed E-state index contributed by atoms with van der Waals surface area (Å²) in [5.41, 5.74) is 0. The van der Waals surface area contributed by atoms with Crippen LogP contribution in [0.3, 0.4) is 0 Å². The van der Waals surface area contributed by atoms with Gasteiger partial charge in [0.15, 0.2) is 0 Å². The first-order valence-electron chi connectivity index (χ1n) is 7.74. The van der Waals surface area contributed by atoms with Crippen LogP contribution in [0.2, 0.25) is 0 Å². The van der Waals surface area contributed by atoms with Crippen LogP contribution in [0.15, 0.2) is 0 Å². The van der Waals surface area contributed by atoms with Crippen molar-refractivity contribution in [3.63, 3.8) is 0 Å². The van der Waals surface area contributed by atoms with Gasteiger partial charge in [-0.3, -0.25) is 9.59 Å². The van der Waals surface area contributed by atoms with Crippen LogP contribution in [0, 0.1) is 0 Å². The number of rotatable bonds is 12. The van der Waals surface area contributed by atoms with E-state index < -0.39 is 0 Å². The number of hydrogen-bond acceptors (Lipinski definition) is 2. The minimum absolute atomic E-state index is 0.0647. The molecule has 2 amide bonds. The average molecular weight is 270 g/mol. The summed E-state index contributed by atoms with van der Waals surface area (Å²) in [6.07, 6.45) is 8.26. The molecule has 0 saturated heterocycles. The van der Waals surface area contributed by atoms with Crippen LogP contribution in [-0.4, -0.2) is 24.9 Å². The van der Waals surface area contributed by atoms with E-state index in [1.165, 1.54) is 0 Å². The van der Waals surface area contributed by atoms with Gasteiger partial charge >= 0.3 is 0 Å². The van der Waals surface area contributed by atoms with Gasteiger partial charge in [0.2, 0.25) is 11.8 Å². The Balaban J connectivity index is 3.35. The van der Waals surface area contributed by atoms with E-state index in [1.54, 1.807) is 0 Å². The highest BCUT2D eigenvalue weighted by Crippen LogP contribution is 1.97. The third kappa shape index (κ3) is 13.2. The van der Waals surface area contributed by atoms with Gasteiger partial charge < -0.3 is 10.6 Å². The molecule has 0 atom stereocenters. The summed E-state index contributed by atoms with van der Waals surface area (Å²) in [6.45, 7) is 5.80. The third-order valence-corrected chi connectivity index (χ3v) is 3.01. The molecule has 0 fully saturated rings. The molecule has 0 radical (unpaired) electrons. The van der Waals surface area contributed by atoms with E-state index in [0.717, 1.165) is 51.6 Å². The lowest BCUT2D eigenvalue weighted by molar-refractivity contribution is -0.122. The maximum atomic E-state index is 11.4. The SMILES string of the molecule is CCCCCNC(=O)CCCC(=O)NCCCCC. The summed E-state index contributed by atoms with van der Waals surface area (Å²) in [6, 6.07) is 0. The summed E-state index contributed by atoms with van der Waals surface area (Å²) >= 11 is 0. The van der Waals surface area contributed by atoms with Crippen molar-refractivity contribution in [1.82, 2.24) is 10.6 Å². The first kappa shape index (κ1) is 17.9. The van der Waals surface area contributed by atoms with Gasteiger partial charge in [-0.2, -0.15) is 0 Å². The van der Waals surface area contributed by atoms with Gasteiger partial charge in [-0.1, -0.05) is 39.5 Å². The molecule has 0 aromatic carbocycles. The standard InChI is InChI=1S/C15H30N2O2/c1-3-5-7-12-16-14(18)10-9-11-15(19)17-13-8-6-4-2/h3-13H2,1-2H3,(H,16,18)(H,17,19). The molecule has 19 heavy (non-hydrogen) atoms. The quantitative estimate of drug-likeness (QED) is 0.536. The van der Waals surface area contributed by atoms with Crippen molar-refractivity contribution in [2.24, 2.45) is 0 Å². The van der Waals surface area contributed by atoms with Crippen LogP contribution < -0.4 is 10.6 Å². The Morgan fingerprint density at radius 2 is 1.11 bits per heavy atom. The van der Waals surface area contributed by atoms with E-state index in [-0.39, 0.29) is 11.8 Å². The number of carbonyl (C=O) groups is 2.